The highest BCUT2D eigenvalue weighted by molar-refractivity contribution is 5.77. The molecule has 0 saturated heterocycles. The highest BCUT2D eigenvalue weighted by Crippen LogP contribution is 2.46. The number of hydrogen-bond donors (Lipinski definition) is 2. The first-order chi connectivity index (χ1) is 11.7. The van der Waals surface area contributed by atoms with Gasteiger partial charge in [0.25, 0.3) is 0 Å². The van der Waals surface area contributed by atoms with E-state index in [2.05, 4.69) is 0 Å². The highest BCUT2D eigenvalue weighted by atomic mass is 19.4. The molecule has 2 aromatic carbocycles. The number of halogens is 6. The lowest BCUT2D eigenvalue weighted by Crippen LogP contribution is -2.11. The molecule has 2 nitrogen and oxygen atoms in total. The fourth-order valence-electron chi connectivity index (χ4n) is 3.07. The summed E-state index contributed by atoms with van der Waals surface area (Å²) >= 11 is 0. The van der Waals surface area contributed by atoms with E-state index in [4.69, 9.17) is 0 Å². The maximum atomic E-state index is 13.1. The van der Waals surface area contributed by atoms with Crippen LogP contribution in [0.4, 0.5) is 26.3 Å². The smallest absolute Gasteiger partial charge is 0.420 e. The van der Waals surface area contributed by atoms with E-state index in [1.54, 1.807) is 0 Å². The molecule has 0 aromatic heterocycles. The van der Waals surface area contributed by atoms with Gasteiger partial charge < -0.3 is 10.2 Å². The van der Waals surface area contributed by atoms with Crippen molar-refractivity contribution >= 4 is 0 Å². The van der Waals surface area contributed by atoms with Crippen LogP contribution in [0, 0.1) is 27.7 Å². The zero-order chi connectivity index (χ0) is 20.2. The third kappa shape index (κ3) is 3.20. The zero-order valence-corrected chi connectivity index (χ0v) is 14.3. The van der Waals surface area contributed by atoms with Gasteiger partial charge in [-0.05, 0) is 73.2 Å². The molecule has 0 atom stereocenters. The molecule has 0 aliphatic carbocycles. The van der Waals surface area contributed by atoms with Crippen LogP contribution < -0.4 is 0 Å². The van der Waals surface area contributed by atoms with Crippen molar-refractivity contribution in [3.63, 3.8) is 0 Å². The molecular formula is C18H16F6O2. The lowest BCUT2D eigenvalue weighted by Gasteiger charge is -2.21. The molecular weight excluding hydrogens is 362 g/mol. The summed E-state index contributed by atoms with van der Waals surface area (Å²) in [6, 6.07) is 1.72. The minimum atomic E-state index is -4.77. The van der Waals surface area contributed by atoms with Gasteiger partial charge in [-0.25, -0.2) is 0 Å². The Morgan fingerprint density at radius 2 is 0.846 bits per heavy atom. The third-order valence-corrected chi connectivity index (χ3v) is 4.61. The summed E-state index contributed by atoms with van der Waals surface area (Å²) in [5.41, 5.74) is -2.30. The average molecular weight is 378 g/mol. The summed E-state index contributed by atoms with van der Waals surface area (Å²) in [5, 5.41) is 19.7. The molecule has 0 fully saturated rings. The van der Waals surface area contributed by atoms with Crippen LogP contribution in [0.1, 0.15) is 33.4 Å². The second-order valence-electron chi connectivity index (χ2n) is 6.13. The number of benzene rings is 2. The normalized spacial score (nSPS) is 12.5. The van der Waals surface area contributed by atoms with Gasteiger partial charge in [-0.1, -0.05) is 0 Å². The second kappa shape index (κ2) is 6.10. The number of phenolic OH excluding ortho intramolecular Hbond substituents is 2. The predicted molar refractivity (Wildman–Crippen MR) is 84.2 cm³/mol. The first-order valence-corrected chi connectivity index (χ1v) is 7.49. The molecule has 2 rings (SSSR count). The molecule has 26 heavy (non-hydrogen) atoms. The van der Waals surface area contributed by atoms with Gasteiger partial charge in [0.2, 0.25) is 0 Å². The van der Waals surface area contributed by atoms with Gasteiger partial charge in [-0.2, -0.15) is 26.3 Å². The highest BCUT2D eigenvalue weighted by Gasteiger charge is 2.39. The Hall–Kier alpha value is -2.38. The van der Waals surface area contributed by atoms with Gasteiger partial charge in [0.15, 0.2) is 0 Å². The van der Waals surface area contributed by atoms with Crippen molar-refractivity contribution in [1.29, 1.82) is 0 Å². The summed E-state index contributed by atoms with van der Waals surface area (Å²) < 4.78 is 78.5. The molecule has 8 heteroatoms. The molecule has 0 unspecified atom stereocenters. The minimum Gasteiger partial charge on any atom is -0.507 e. The van der Waals surface area contributed by atoms with Crippen LogP contribution in [0.3, 0.4) is 0 Å². The first kappa shape index (κ1) is 19.9. The van der Waals surface area contributed by atoms with Crippen LogP contribution in [0.15, 0.2) is 12.1 Å². The van der Waals surface area contributed by atoms with Gasteiger partial charge in [0, 0.05) is 0 Å². The molecule has 142 valence electrons. The summed E-state index contributed by atoms with van der Waals surface area (Å²) in [5.74, 6) is -2.04. The van der Waals surface area contributed by atoms with Crippen molar-refractivity contribution in [2.45, 2.75) is 40.0 Å². The number of hydrogen-bond acceptors (Lipinski definition) is 2. The van der Waals surface area contributed by atoms with E-state index in [9.17, 15) is 36.6 Å². The molecule has 0 amide bonds. The molecule has 2 aromatic rings. The largest absolute Gasteiger partial charge is 0.507 e. The molecule has 0 aliphatic heterocycles. The number of alkyl halides is 6. The summed E-state index contributed by atoms with van der Waals surface area (Å²) in [6.07, 6.45) is -9.55. The first-order valence-electron chi connectivity index (χ1n) is 7.49. The van der Waals surface area contributed by atoms with Crippen molar-refractivity contribution in [2.75, 3.05) is 0 Å². The fraction of sp³-hybridized carbons (Fsp3) is 0.333. The Kier molecular flexibility index (Phi) is 4.68. The minimum absolute atomic E-state index is 0.123. The average Bonchev–Trinajstić information content (AvgIpc) is 2.44. The van der Waals surface area contributed by atoms with E-state index in [1.165, 1.54) is 27.7 Å². The van der Waals surface area contributed by atoms with Crippen molar-refractivity contribution < 1.29 is 36.6 Å². The lowest BCUT2D eigenvalue weighted by molar-refractivity contribution is -0.140. The Labute approximate surface area is 145 Å². The van der Waals surface area contributed by atoms with Crippen molar-refractivity contribution in [3.05, 3.63) is 45.5 Å². The summed E-state index contributed by atoms with van der Waals surface area (Å²) in [6.45, 7) is 5.10. The van der Waals surface area contributed by atoms with E-state index in [0.717, 1.165) is 12.1 Å². The Bertz CT molecular complexity index is 806. The van der Waals surface area contributed by atoms with Crippen molar-refractivity contribution in [3.8, 4) is 22.6 Å². The summed E-state index contributed by atoms with van der Waals surface area (Å²) in [4.78, 5) is 0. The van der Waals surface area contributed by atoms with Gasteiger partial charge in [-0.3, -0.25) is 0 Å². The monoisotopic (exact) mass is 378 g/mol. The van der Waals surface area contributed by atoms with E-state index in [0.29, 0.717) is 0 Å². The zero-order valence-electron chi connectivity index (χ0n) is 14.3. The van der Waals surface area contributed by atoms with Crippen LogP contribution in [0.25, 0.3) is 11.1 Å². The van der Waals surface area contributed by atoms with Gasteiger partial charge >= 0.3 is 12.4 Å². The Morgan fingerprint density at radius 3 is 1.08 bits per heavy atom. The van der Waals surface area contributed by atoms with E-state index in [1.807, 2.05) is 0 Å². The van der Waals surface area contributed by atoms with E-state index >= 15 is 0 Å². The van der Waals surface area contributed by atoms with Crippen LogP contribution in [-0.2, 0) is 12.4 Å². The van der Waals surface area contributed by atoms with Gasteiger partial charge in [0.1, 0.15) is 22.6 Å². The maximum absolute atomic E-state index is 13.1. The topological polar surface area (TPSA) is 40.5 Å². The molecule has 0 heterocycles. The lowest BCUT2D eigenvalue weighted by atomic mass is 9.87. The molecule has 2 N–H and O–H groups in total. The Morgan fingerprint density at radius 1 is 0.577 bits per heavy atom. The van der Waals surface area contributed by atoms with Crippen LogP contribution in [0.2, 0.25) is 0 Å². The third-order valence-electron chi connectivity index (χ3n) is 4.61. The fourth-order valence-corrected chi connectivity index (χ4v) is 3.07. The summed E-state index contributed by atoms with van der Waals surface area (Å²) in [7, 11) is 0. The van der Waals surface area contributed by atoms with Crippen molar-refractivity contribution in [1.82, 2.24) is 0 Å². The SMILES string of the molecule is Cc1c(-c2cc(O)c(C(F)(F)F)c(C)c2C)cc(O)c(C(F)(F)F)c1C. The predicted octanol–water partition coefficient (Wildman–Crippen LogP) is 6.04. The number of aromatic hydroxyl groups is 2. The van der Waals surface area contributed by atoms with Crippen molar-refractivity contribution in [2.24, 2.45) is 0 Å². The second-order valence-corrected chi connectivity index (χ2v) is 6.13. The number of rotatable bonds is 1. The maximum Gasteiger partial charge on any atom is 0.420 e. The molecule has 0 radical (unpaired) electrons. The van der Waals surface area contributed by atoms with Gasteiger partial charge in [0.05, 0.1) is 0 Å². The van der Waals surface area contributed by atoms with Crippen LogP contribution in [-0.4, -0.2) is 10.2 Å². The van der Waals surface area contributed by atoms with Crippen LogP contribution >= 0.6 is 0 Å². The quantitative estimate of drug-likeness (QED) is 0.595. The number of phenols is 2. The Balaban J connectivity index is 2.83. The standard InChI is InChI=1S/C18H16F6O2/c1-7-9(3)15(17(19,20)21)13(25)5-11(7)12-6-14(26)16(18(22,23)24)10(4)8(12)2/h5-6,25-26H,1-4H3. The van der Waals surface area contributed by atoms with E-state index in [-0.39, 0.29) is 33.4 Å². The molecule has 0 bridgehead atoms. The van der Waals surface area contributed by atoms with Crippen LogP contribution in [0.5, 0.6) is 11.5 Å². The van der Waals surface area contributed by atoms with E-state index < -0.39 is 35.0 Å². The molecule has 0 aliphatic rings. The molecule has 0 spiro atoms. The molecule has 0 saturated carbocycles. The van der Waals surface area contributed by atoms with Gasteiger partial charge in [-0.15, -0.1) is 0 Å².